The van der Waals surface area contributed by atoms with Crippen LogP contribution in [0.2, 0.25) is 0 Å². The molecule has 0 radical (unpaired) electrons. The maximum Gasteiger partial charge on any atom is 0.0465 e. The normalized spacial score (nSPS) is 12.8. The first-order valence-electron chi connectivity index (χ1n) is 18.8. The Labute approximate surface area is 317 Å². The number of benzene rings is 9. The van der Waals surface area contributed by atoms with Crippen LogP contribution in [0.15, 0.2) is 200 Å². The van der Waals surface area contributed by atoms with E-state index in [0.29, 0.717) is 0 Å². The lowest BCUT2D eigenvalue weighted by Gasteiger charge is -2.28. The highest BCUT2D eigenvalue weighted by molar-refractivity contribution is 6.09. The summed E-state index contributed by atoms with van der Waals surface area (Å²) in [6.07, 6.45) is 0. The lowest BCUT2D eigenvalue weighted by molar-refractivity contribution is 0.660. The van der Waals surface area contributed by atoms with Crippen molar-refractivity contribution in [1.29, 1.82) is 0 Å². The van der Waals surface area contributed by atoms with E-state index in [0.717, 1.165) is 17.1 Å². The Morgan fingerprint density at radius 2 is 0.722 bits per heavy atom. The van der Waals surface area contributed by atoms with Crippen LogP contribution in [0.5, 0.6) is 0 Å². The molecule has 0 N–H and O–H groups in total. The lowest BCUT2D eigenvalue weighted by Crippen LogP contribution is -2.16. The summed E-state index contributed by atoms with van der Waals surface area (Å²) in [6.45, 7) is 4.76. The fraction of sp³-hybridized carbons (Fsp3) is 0.0566. The molecule has 0 aromatic heterocycles. The molecule has 0 unspecified atom stereocenters. The van der Waals surface area contributed by atoms with Gasteiger partial charge in [-0.15, -0.1) is 0 Å². The maximum absolute atomic E-state index is 2.43. The Morgan fingerprint density at radius 1 is 0.315 bits per heavy atom. The van der Waals surface area contributed by atoms with Gasteiger partial charge in [-0.05, 0) is 132 Å². The molecular formula is C53H39N. The molecule has 1 nitrogen and oxygen atoms in total. The van der Waals surface area contributed by atoms with E-state index in [-0.39, 0.29) is 5.41 Å². The highest BCUT2D eigenvalue weighted by atomic mass is 15.1. The molecule has 1 aliphatic carbocycles. The van der Waals surface area contributed by atoms with Gasteiger partial charge in [0.25, 0.3) is 0 Å². The molecule has 0 fully saturated rings. The molecule has 0 saturated carbocycles. The lowest BCUT2D eigenvalue weighted by atomic mass is 9.81. The van der Waals surface area contributed by atoms with E-state index >= 15 is 0 Å². The van der Waals surface area contributed by atoms with Gasteiger partial charge in [-0.25, -0.2) is 0 Å². The monoisotopic (exact) mass is 689 g/mol. The number of hydrogen-bond acceptors (Lipinski definition) is 1. The Bertz CT molecular complexity index is 2820. The van der Waals surface area contributed by atoms with E-state index < -0.39 is 0 Å². The van der Waals surface area contributed by atoms with Crippen molar-refractivity contribution in [2.75, 3.05) is 4.90 Å². The zero-order valence-corrected chi connectivity index (χ0v) is 30.5. The highest BCUT2D eigenvalue weighted by Gasteiger charge is 2.36. The molecule has 10 rings (SSSR count). The van der Waals surface area contributed by atoms with Gasteiger partial charge in [-0.1, -0.05) is 159 Å². The van der Waals surface area contributed by atoms with Crippen LogP contribution in [-0.4, -0.2) is 0 Å². The maximum atomic E-state index is 2.43. The summed E-state index contributed by atoms with van der Waals surface area (Å²) in [5.41, 5.74) is 16.1. The van der Waals surface area contributed by atoms with Gasteiger partial charge in [0.05, 0.1) is 0 Å². The van der Waals surface area contributed by atoms with Crippen LogP contribution >= 0.6 is 0 Å². The van der Waals surface area contributed by atoms with Crippen molar-refractivity contribution in [2.45, 2.75) is 19.3 Å². The largest absolute Gasteiger partial charge is 0.310 e. The first kappa shape index (κ1) is 32.0. The summed E-state index contributed by atoms with van der Waals surface area (Å²) in [5.74, 6) is 0. The molecule has 0 heterocycles. The Balaban J connectivity index is 0.996. The second-order valence-corrected chi connectivity index (χ2v) is 15.0. The first-order valence-corrected chi connectivity index (χ1v) is 18.8. The summed E-state index contributed by atoms with van der Waals surface area (Å²) in [4.78, 5) is 2.38. The van der Waals surface area contributed by atoms with Crippen molar-refractivity contribution in [2.24, 2.45) is 0 Å². The average molecular weight is 690 g/mol. The van der Waals surface area contributed by atoms with Crippen LogP contribution in [0.3, 0.4) is 0 Å². The SMILES string of the molecule is CC1(C)c2cc(-c3ccc4c(ccc5cc(-c6ccccc6)ccc54)c3)ccc2-c2ccc(N(c3ccccc3)c3ccc(-c4ccccc4)cc3)cc21. The minimum Gasteiger partial charge on any atom is -0.310 e. The number of nitrogens with zero attached hydrogens (tertiary/aromatic N) is 1. The predicted octanol–water partition coefficient (Wildman–Crippen LogP) is 14.8. The van der Waals surface area contributed by atoms with Crippen molar-refractivity contribution in [1.82, 2.24) is 0 Å². The van der Waals surface area contributed by atoms with Crippen LogP contribution in [0, 0.1) is 0 Å². The van der Waals surface area contributed by atoms with E-state index in [4.69, 9.17) is 0 Å². The molecule has 0 spiro atoms. The number of hydrogen-bond donors (Lipinski definition) is 0. The molecule has 1 heteroatoms. The third kappa shape index (κ3) is 5.40. The van der Waals surface area contributed by atoms with E-state index in [1.165, 1.54) is 77.2 Å². The molecule has 9 aromatic carbocycles. The van der Waals surface area contributed by atoms with Gasteiger partial charge in [-0.3, -0.25) is 0 Å². The summed E-state index contributed by atoms with van der Waals surface area (Å²) < 4.78 is 0. The van der Waals surface area contributed by atoms with Gasteiger partial charge in [0.15, 0.2) is 0 Å². The van der Waals surface area contributed by atoms with Gasteiger partial charge >= 0.3 is 0 Å². The number of fused-ring (bicyclic) bond motifs is 6. The van der Waals surface area contributed by atoms with Gasteiger partial charge in [0.2, 0.25) is 0 Å². The standard InChI is InChI=1S/C53H39N/c1-53(2)51-34-41(40-23-29-48-43(33-40)19-18-42-32-39(22-28-47(42)48)37-14-8-4-9-15-37)24-30-49(51)50-31-27-46(35-52(50)53)54(44-16-10-5-11-17-44)45-25-20-38(21-26-45)36-12-6-3-7-13-36/h3-35H,1-2H3. The summed E-state index contributed by atoms with van der Waals surface area (Å²) in [7, 11) is 0. The predicted molar refractivity (Wildman–Crippen MR) is 230 cm³/mol. The van der Waals surface area contributed by atoms with Gasteiger partial charge in [0.1, 0.15) is 0 Å². The zero-order chi connectivity index (χ0) is 36.2. The topological polar surface area (TPSA) is 3.24 Å². The first-order chi connectivity index (χ1) is 26.5. The number of rotatable bonds is 6. The molecule has 54 heavy (non-hydrogen) atoms. The van der Waals surface area contributed by atoms with Crippen molar-refractivity contribution in [3.8, 4) is 44.5 Å². The number of anilines is 3. The molecule has 0 aliphatic heterocycles. The fourth-order valence-corrected chi connectivity index (χ4v) is 8.56. The van der Waals surface area contributed by atoms with Crippen molar-refractivity contribution in [3.63, 3.8) is 0 Å². The minimum atomic E-state index is -0.167. The van der Waals surface area contributed by atoms with E-state index in [1.807, 2.05) is 0 Å². The summed E-state index contributed by atoms with van der Waals surface area (Å²) in [6, 6.07) is 73.3. The average Bonchev–Trinajstić information content (AvgIpc) is 3.46. The van der Waals surface area contributed by atoms with Crippen LogP contribution in [0.25, 0.3) is 66.1 Å². The Hall–Kier alpha value is -6.70. The van der Waals surface area contributed by atoms with Crippen LogP contribution < -0.4 is 4.90 Å². The summed E-state index contributed by atoms with van der Waals surface area (Å²) in [5, 5.41) is 5.10. The second kappa shape index (κ2) is 12.8. The van der Waals surface area contributed by atoms with Crippen molar-refractivity contribution < 1.29 is 0 Å². The highest BCUT2D eigenvalue weighted by Crippen LogP contribution is 2.51. The third-order valence-electron chi connectivity index (χ3n) is 11.4. The molecule has 0 saturated heterocycles. The van der Waals surface area contributed by atoms with E-state index in [9.17, 15) is 0 Å². The molecule has 0 bridgehead atoms. The minimum absolute atomic E-state index is 0.167. The smallest absolute Gasteiger partial charge is 0.0465 e. The van der Waals surface area contributed by atoms with Crippen LogP contribution in [-0.2, 0) is 5.41 Å². The third-order valence-corrected chi connectivity index (χ3v) is 11.4. The van der Waals surface area contributed by atoms with Crippen LogP contribution in [0.4, 0.5) is 17.1 Å². The zero-order valence-electron chi connectivity index (χ0n) is 30.5. The molecule has 1 aliphatic rings. The van der Waals surface area contributed by atoms with Gasteiger partial charge < -0.3 is 4.90 Å². The molecule has 0 atom stereocenters. The quantitative estimate of drug-likeness (QED) is 0.157. The second-order valence-electron chi connectivity index (χ2n) is 15.0. The Morgan fingerprint density at radius 3 is 1.33 bits per heavy atom. The summed E-state index contributed by atoms with van der Waals surface area (Å²) >= 11 is 0. The fourth-order valence-electron chi connectivity index (χ4n) is 8.56. The van der Waals surface area contributed by atoms with Crippen LogP contribution in [0.1, 0.15) is 25.0 Å². The number of para-hydroxylation sites is 1. The Kier molecular flexibility index (Phi) is 7.56. The molecule has 256 valence electrons. The van der Waals surface area contributed by atoms with Gasteiger partial charge in [-0.2, -0.15) is 0 Å². The molecule has 0 amide bonds. The van der Waals surface area contributed by atoms with Crippen molar-refractivity contribution >= 4 is 38.6 Å². The molecular weight excluding hydrogens is 651 g/mol. The van der Waals surface area contributed by atoms with E-state index in [2.05, 4.69) is 219 Å². The van der Waals surface area contributed by atoms with Crippen molar-refractivity contribution in [3.05, 3.63) is 211 Å². The van der Waals surface area contributed by atoms with E-state index in [1.54, 1.807) is 0 Å². The molecule has 9 aromatic rings. The van der Waals surface area contributed by atoms with Gasteiger partial charge in [0, 0.05) is 22.5 Å².